The van der Waals surface area contributed by atoms with Crippen molar-refractivity contribution in [2.75, 3.05) is 50.5 Å². The van der Waals surface area contributed by atoms with E-state index in [9.17, 15) is 0 Å². The highest BCUT2D eigenvalue weighted by molar-refractivity contribution is 6.23. The number of piperazine rings is 1. The van der Waals surface area contributed by atoms with E-state index in [1.165, 1.54) is 5.69 Å². The molecule has 1 aromatic carbocycles. The summed E-state index contributed by atoms with van der Waals surface area (Å²) >= 11 is 0. The zero-order valence-corrected chi connectivity index (χ0v) is 17.4. The number of fused-ring (bicyclic) bond motifs is 1. The molecule has 7 heteroatoms. The van der Waals surface area contributed by atoms with Crippen LogP contribution in [-0.4, -0.2) is 60.9 Å². The van der Waals surface area contributed by atoms with Gasteiger partial charge in [-0.3, -0.25) is 4.99 Å². The van der Waals surface area contributed by atoms with Gasteiger partial charge in [-0.2, -0.15) is 0 Å². The lowest BCUT2D eigenvalue weighted by Gasteiger charge is -2.34. The SMILES string of the molecule is CN=C(C)C1=C(N)CCc2cnc(Nc3ccc(N4CCN(C)CC4)cc3)nc21. The van der Waals surface area contributed by atoms with Gasteiger partial charge < -0.3 is 20.9 Å². The third-order valence-electron chi connectivity index (χ3n) is 5.78. The lowest BCUT2D eigenvalue weighted by molar-refractivity contribution is 0.313. The van der Waals surface area contributed by atoms with Gasteiger partial charge >= 0.3 is 0 Å². The molecule has 29 heavy (non-hydrogen) atoms. The Balaban J connectivity index is 1.53. The molecule has 1 aliphatic heterocycles. The van der Waals surface area contributed by atoms with Gasteiger partial charge in [0.1, 0.15) is 0 Å². The zero-order chi connectivity index (χ0) is 20.4. The summed E-state index contributed by atoms with van der Waals surface area (Å²) in [6, 6.07) is 8.48. The largest absolute Gasteiger partial charge is 0.401 e. The number of nitrogens with one attached hydrogen (secondary N) is 1. The molecule has 152 valence electrons. The summed E-state index contributed by atoms with van der Waals surface area (Å²) in [7, 11) is 3.96. The zero-order valence-electron chi connectivity index (χ0n) is 17.4. The van der Waals surface area contributed by atoms with Crippen LogP contribution in [0.4, 0.5) is 17.3 Å². The molecule has 2 aliphatic rings. The first kappa shape index (κ1) is 19.4. The average Bonchev–Trinajstić information content (AvgIpc) is 2.74. The fourth-order valence-corrected chi connectivity index (χ4v) is 3.88. The molecule has 0 radical (unpaired) electrons. The van der Waals surface area contributed by atoms with Crippen LogP contribution in [-0.2, 0) is 6.42 Å². The van der Waals surface area contributed by atoms with Gasteiger partial charge in [0.15, 0.2) is 0 Å². The normalized spacial score (nSPS) is 18.0. The Morgan fingerprint density at radius 3 is 2.52 bits per heavy atom. The van der Waals surface area contributed by atoms with Crippen LogP contribution in [0.25, 0.3) is 5.57 Å². The number of rotatable bonds is 4. The van der Waals surface area contributed by atoms with Crippen molar-refractivity contribution < 1.29 is 0 Å². The molecule has 1 fully saturated rings. The van der Waals surface area contributed by atoms with Gasteiger partial charge in [-0.25, -0.2) is 9.97 Å². The van der Waals surface area contributed by atoms with Crippen molar-refractivity contribution in [1.29, 1.82) is 0 Å². The lowest BCUT2D eigenvalue weighted by atomic mass is 9.91. The summed E-state index contributed by atoms with van der Waals surface area (Å²) < 4.78 is 0. The number of aliphatic imine (C=N–C) groups is 1. The van der Waals surface area contributed by atoms with Crippen LogP contribution in [0.3, 0.4) is 0 Å². The number of hydrogen-bond donors (Lipinski definition) is 2. The Bertz CT molecular complexity index is 938. The van der Waals surface area contributed by atoms with Crippen molar-refractivity contribution in [3.63, 3.8) is 0 Å². The van der Waals surface area contributed by atoms with Crippen LogP contribution in [0.5, 0.6) is 0 Å². The highest BCUT2D eigenvalue weighted by atomic mass is 15.2. The standard InChI is InChI=1S/C22H29N7/c1-15(24-2)20-19(23)9-4-16-14-25-22(27-21(16)20)26-17-5-7-18(8-6-17)29-12-10-28(3)11-13-29/h5-8,14H,4,9-13,23H2,1-3H3,(H,25,26,27). The van der Waals surface area contributed by atoms with E-state index in [-0.39, 0.29) is 0 Å². The average molecular weight is 392 g/mol. The third kappa shape index (κ3) is 4.10. The molecular formula is C22H29N7. The summed E-state index contributed by atoms with van der Waals surface area (Å²) in [6.45, 7) is 6.30. The maximum atomic E-state index is 6.28. The molecule has 1 aliphatic carbocycles. The Hall–Kier alpha value is -2.93. The number of aryl methyl sites for hydroxylation is 1. The first-order valence-corrected chi connectivity index (χ1v) is 10.1. The number of hydrogen-bond acceptors (Lipinski definition) is 7. The Labute approximate surface area is 172 Å². The van der Waals surface area contributed by atoms with Crippen LogP contribution in [0.1, 0.15) is 24.6 Å². The van der Waals surface area contributed by atoms with Gasteiger partial charge in [0.25, 0.3) is 0 Å². The molecule has 7 nitrogen and oxygen atoms in total. The van der Waals surface area contributed by atoms with Gasteiger partial charge in [-0.1, -0.05) is 0 Å². The summed E-state index contributed by atoms with van der Waals surface area (Å²) in [6.07, 6.45) is 3.58. The monoisotopic (exact) mass is 391 g/mol. The number of allylic oxidation sites excluding steroid dienone is 2. The molecule has 0 spiro atoms. The van der Waals surface area contributed by atoms with Crippen LogP contribution in [0.2, 0.25) is 0 Å². The topological polar surface area (TPSA) is 82.7 Å². The fourth-order valence-electron chi connectivity index (χ4n) is 3.88. The molecule has 0 amide bonds. The minimum Gasteiger partial charge on any atom is -0.401 e. The highest BCUT2D eigenvalue weighted by Crippen LogP contribution is 2.30. The van der Waals surface area contributed by atoms with Crippen molar-refractivity contribution >= 4 is 28.6 Å². The molecule has 3 N–H and O–H groups in total. The van der Waals surface area contributed by atoms with E-state index in [1.54, 1.807) is 7.05 Å². The van der Waals surface area contributed by atoms with E-state index in [1.807, 2.05) is 13.1 Å². The number of aromatic nitrogens is 2. The first-order valence-electron chi connectivity index (χ1n) is 10.1. The first-order chi connectivity index (χ1) is 14.0. The van der Waals surface area contributed by atoms with Gasteiger partial charge in [0.05, 0.1) is 5.69 Å². The molecule has 2 aromatic rings. The van der Waals surface area contributed by atoms with Gasteiger partial charge in [0.2, 0.25) is 5.95 Å². The Kier molecular flexibility index (Phi) is 5.49. The van der Waals surface area contributed by atoms with Gasteiger partial charge in [-0.05, 0) is 56.6 Å². The molecule has 1 aromatic heterocycles. The van der Waals surface area contributed by atoms with Crippen LogP contribution in [0, 0.1) is 0 Å². The number of likely N-dealkylation sites (N-methyl/N-ethyl adjacent to an activating group) is 1. The lowest BCUT2D eigenvalue weighted by Crippen LogP contribution is -2.44. The van der Waals surface area contributed by atoms with E-state index >= 15 is 0 Å². The number of benzene rings is 1. The van der Waals surface area contributed by atoms with Crippen LogP contribution >= 0.6 is 0 Å². The van der Waals surface area contributed by atoms with Crippen molar-refractivity contribution in [3.05, 3.63) is 47.4 Å². The maximum Gasteiger partial charge on any atom is 0.227 e. The Morgan fingerprint density at radius 2 is 1.83 bits per heavy atom. The number of anilines is 3. The predicted molar refractivity (Wildman–Crippen MR) is 120 cm³/mol. The van der Waals surface area contributed by atoms with Crippen molar-refractivity contribution in [3.8, 4) is 0 Å². The van der Waals surface area contributed by atoms with E-state index in [0.717, 1.165) is 72.9 Å². The summed E-state index contributed by atoms with van der Waals surface area (Å²) in [5.74, 6) is 0.576. The summed E-state index contributed by atoms with van der Waals surface area (Å²) in [5.41, 5.74) is 13.2. The van der Waals surface area contributed by atoms with Crippen LogP contribution in [0.15, 0.2) is 41.2 Å². The Morgan fingerprint density at radius 1 is 1.10 bits per heavy atom. The van der Waals surface area contributed by atoms with Gasteiger partial charge in [-0.15, -0.1) is 0 Å². The third-order valence-corrected chi connectivity index (χ3v) is 5.78. The predicted octanol–water partition coefficient (Wildman–Crippen LogP) is 2.68. The quantitative estimate of drug-likeness (QED) is 0.780. The van der Waals surface area contributed by atoms with E-state index in [0.29, 0.717) is 5.95 Å². The molecule has 0 saturated carbocycles. The second kappa shape index (κ2) is 8.21. The van der Waals surface area contributed by atoms with E-state index in [2.05, 4.69) is 56.4 Å². The molecule has 0 unspecified atom stereocenters. The molecule has 0 bridgehead atoms. The molecule has 4 rings (SSSR count). The van der Waals surface area contributed by atoms with Gasteiger partial charge in [0, 0.05) is 67.8 Å². The second-order valence-corrected chi connectivity index (χ2v) is 7.74. The fraction of sp³-hybridized carbons (Fsp3) is 0.409. The van der Waals surface area contributed by atoms with E-state index < -0.39 is 0 Å². The molecule has 2 heterocycles. The second-order valence-electron chi connectivity index (χ2n) is 7.74. The molecule has 0 atom stereocenters. The highest BCUT2D eigenvalue weighted by Gasteiger charge is 2.22. The van der Waals surface area contributed by atoms with Crippen molar-refractivity contribution in [2.24, 2.45) is 10.7 Å². The summed E-state index contributed by atoms with van der Waals surface area (Å²) in [5, 5.41) is 3.33. The minimum absolute atomic E-state index is 0.576. The maximum absolute atomic E-state index is 6.28. The smallest absolute Gasteiger partial charge is 0.227 e. The van der Waals surface area contributed by atoms with E-state index in [4.69, 9.17) is 10.7 Å². The van der Waals surface area contributed by atoms with Crippen molar-refractivity contribution in [1.82, 2.24) is 14.9 Å². The molecule has 1 saturated heterocycles. The number of nitrogens with two attached hydrogens (primary N) is 1. The summed E-state index contributed by atoms with van der Waals surface area (Å²) in [4.78, 5) is 18.4. The minimum atomic E-state index is 0.576. The molecular weight excluding hydrogens is 362 g/mol. The number of nitrogens with zero attached hydrogens (tertiary/aromatic N) is 5. The van der Waals surface area contributed by atoms with Crippen molar-refractivity contribution in [2.45, 2.75) is 19.8 Å². The van der Waals surface area contributed by atoms with Crippen LogP contribution < -0.4 is 16.0 Å².